The Kier molecular flexibility index (Phi) is 4.27. The zero-order valence-electron chi connectivity index (χ0n) is 10.2. The van der Waals surface area contributed by atoms with Gasteiger partial charge in [0.15, 0.2) is 17.4 Å². The van der Waals surface area contributed by atoms with Gasteiger partial charge < -0.3 is 4.74 Å². The molecule has 0 aliphatic heterocycles. The van der Waals surface area contributed by atoms with Crippen molar-refractivity contribution in [2.45, 2.75) is 0 Å². The van der Waals surface area contributed by atoms with Gasteiger partial charge in [0, 0.05) is 11.6 Å². The highest BCUT2D eigenvalue weighted by molar-refractivity contribution is 9.10. The number of aldehydes is 1. The lowest BCUT2D eigenvalue weighted by Gasteiger charge is -2.10. The fourth-order valence-corrected chi connectivity index (χ4v) is 2.03. The van der Waals surface area contributed by atoms with Crippen LogP contribution in [0.25, 0.3) is 0 Å². The summed E-state index contributed by atoms with van der Waals surface area (Å²) in [5.74, 6) is -3.43. The van der Waals surface area contributed by atoms with E-state index in [2.05, 4.69) is 15.9 Å². The maximum atomic E-state index is 13.7. The molecule has 0 aliphatic carbocycles. The molecule has 2 aromatic rings. The molecule has 0 radical (unpaired) electrons. The van der Waals surface area contributed by atoms with Gasteiger partial charge in [-0.3, -0.25) is 14.9 Å². The average molecular weight is 358 g/mol. The van der Waals surface area contributed by atoms with Crippen LogP contribution in [0.4, 0.5) is 14.5 Å². The van der Waals surface area contributed by atoms with Gasteiger partial charge in [-0.1, -0.05) is 6.07 Å². The van der Waals surface area contributed by atoms with Crippen molar-refractivity contribution in [1.29, 1.82) is 0 Å². The van der Waals surface area contributed by atoms with Gasteiger partial charge in [0.05, 0.1) is 9.40 Å². The molecule has 8 heteroatoms. The molecule has 0 atom stereocenters. The van der Waals surface area contributed by atoms with Gasteiger partial charge in [0.1, 0.15) is 6.29 Å². The molecule has 5 nitrogen and oxygen atoms in total. The zero-order chi connectivity index (χ0) is 15.6. The van der Waals surface area contributed by atoms with Crippen molar-refractivity contribution < 1.29 is 23.2 Å². The predicted molar refractivity (Wildman–Crippen MR) is 72.6 cm³/mol. The van der Waals surface area contributed by atoms with Crippen molar-refractivity contribution in [2.75, 3.05) is 0 Å². The summed E-state index contributed by atoms with van der Waals surface area (Å²) in [6.45, 7) is 0. The van der Waals surface area contributed by atoms with Gasteiger partial charge in [-0.25, -0.2) is 8.78 Å². The predicted octanol–water partition coefficient (Wildman–Crippen LogP) is 4.24. The van der Waals surface area contributed by atoms with Gasteiger partial charge in [-0.2, -0.15) is 0 Å². The largest absolute Gasteiger partial charge is 0.443 e. The number of carbonyl (C=O) groups is 1. The third-order valence-corrected chi connectivity index (χ3v) is 3.13. The fraction of sp³-hybridized carbons (Fsp3) is 0. The van der Waals surface area contributed by atoms with Crippen molar-refractivity contribution in [3.8, 4) is 11.5 Å². The van der Waals surface area contributed by atoms with E-state index < -0.39 is 28.0 Å². The summed E-state index contributed by atoms with van der Waals surface area (Å²) in [7, 11) is 0. The number of nitro benzene ring substituents is 1. The number of carbonyl (C=O) groups excluding carboxylic acids is 1. The average Bonchev–Trinajstić information content (AvgIpc) is 2.43. The molecule has 0 saturated heterocycles. The summed E-state index contributed by atoms with van der Waals surface area (Å²) < 4.78 is 32.6. The van der Waals surface area contributed by atoms with E-state index in [-0.39, 0.29) is 22.1 Å². The van der Waals surface area contributed by atoms with Crippen LogP contribution in [0.3, 0.4) is 0 Å². The summed E-state index contributed by atoms with van der Waals surface area (Å²) in [5, 5.41) is 10.9. The van der Waals surface area contributed by atoms with E-state index in [1.807, 2.05) is 0 Å². The lowest BCUT2D eigenvalue weighted by atomic mass is 10.2. The van der Waals surface area contributed by atoms with E-state index in [9.17, 15) is 23.7 Å². The molecular formula is C13H6BrF2NO4. The molecule has 0 N–H and O–H groups in total. The highest BCUT2D eigenvalue weighted by atomic mass is 79.9. The number of hydrogen-bond acceptors (Lipinski definition) is 4. The van der Waals surface area contributed by atoms with Gasteiger partial charge >= 0.3 is 5.69 Å². The Hall–Kier alpha value is -2.35. The molecule has 0 spiro atoms. The summed E-state index contributed by atoms with van der Waals surface area (Å²) >= 11 is 3.02. The van der Waals surface area contributed by atoms with Crippen LogP contribution >= 0.6 is 15.9 Å². The molecule has 0 aromatic heterocycles. The Labute approximate surface area is 125 Å². The number of para-hydroxylation sites is 1. The van der Waals surface area contributed by atoms with E-state index in [0.717, 1.165) is 18.2 Å². The minimum atomic E-state index is -1.14. The van der Waals surface area contributed by atoms with Crippen LogP contribution in [-0.4, -0.2) is 11.2 Å². The van der Waals surface area contributed by atoms with Gasteiger partial charge in [-0.15, -0.1) is 0 Å². The summed E-state index contributed by atoms with van der Waals surface area (Å²) in [6, 6.07) is 5.49. The number of rotatable bonds is 4. The standard InChI is InChI=1S/C13H6BrF2NO4/c14-8-2-1-3-11(17(19)20)12(8)21-13-9(15)4-7(6-18)5-10(13)16/h1-6H. The molecule has 0 heterocycles. The number of nitro groups is 1. The summed E-state index contributed by atoms with van der Waals surface area (Å²) in [4.78, 5) is 20.7. The minimum Gasteiger partial charge on any atom is -0.443 e. The van der Waals surface area contributed by atoms with Crippen LogP contribution in [0.15, 0.2) is 34.8 Å². The zero-order valence-corrected chi connectivity index (χ0v) is 11.8. The van der Waals surface area contributed by atoms with Crippen molar-refractivity contribution in [3.05, 3.63) is 62.1 Å². The molecule has 0 unspecified atom stereocenters. The topological polar surface area (TPSA) is 69.4 Å². The van der Waals surface area contributed by atoms with E-state index >= 15 is 0 Å². The Bertz CT molecular complexity index is 713. The molecule has 0 aliphatic rings. The van der Waals surface area contributed by atoms with Crippen molar-refractivity contribution in [2.24, 2.45) is 0 Å². The first-order valence-electron chi connectivity index (χ1n) is 5.49. The molecule has 0 amide bonds. The highest BCUT2D eigenvalue weighted by Crippen LogP contribution is 2.39. The van der Waals surface area contributed by atoms with Crippen molar-refractivity contribution >= 4 is 27.9 Å². The Balaban J connectivity index is 2.53. The van der Waals surface area contributed by atoms with E-state index in [4.69, 9.17) is 4.74 Å². The molecule has 2 rings (SSSR count). The molecular weight excluding hydrogens is 352 g/mol. The lowest BCUT2D eigenvalue weighted by molar-refractivity contribution is -0.385. The Morgan fingerprint density at radius 1 is 1.19 bits per heavy atom. The normalized spacial score (nSPS) is 10.2. The molecule has 2 aromatic carbocycles. The highest BCUT2D eigenvalue weighted by Gasteiger charge is 2.22. The number of hydrogen-bond donors (Lipinski definition) is 0. The van der Waals surface area contributed by atoms with Crippen molar-refractivity contribution in [1.82, 2.24) is 0 Å². The quantitative estimate of drug-likeness (QED) is 0.466. The third kappa shape index (κ3) is 3.05. The number of benzene rings is 2. The molecule has 0 saturated carbocycles. The lowest BCUT2D eigenvalue weighted by Crippen LogP contribution is -1.99. The number of nitrogens with zero attached hydrogens (tertiary/aromatic N) is 1. The maximum Gasteiger partial charge on any atom is 0.312 e. The van der Waals surface area contributed by atoms with Crippen LogP contribution in [-0.2, 0) is 0 Å². The van der Waals surface area contributed by atoms with Crippen LogP contribution in [0.1, 0.15) is 10.4 Å². The first kappa shape index (κ1) is 15.0. The minimum absolute atomic E-state index is 0.162. The second-order valence-electron chi connectivity index (χ2n) is 3.88. The molecule has 0 bridgehead atoms. The smallest absolute Gasteiger partial charge is 0.312 e. The van der Waals surface area contributed by atoms with E-state index in [0.29, 0.717) is 0 Å². The third-order valence-electron chi connectivity index (χ3n) is 2.50. The molecule has 108 valence electrons. The number of halogens is 3. The second-order valence-corrected chi connectivity index (χ2v) is 4.73. The van der Waals surface area contributed by atoms with E-state index in [1.165, 1.54) is 12.1 Å². The Morgan fingerprint density at radius 3 is 2.33 bits per heavy atom. The number of ether oxygens (including phenoxy) is 1. The SMILES string of the molecule is O=Cc1cc(F)c(Oc2c(Br)cccc2[N+](=O)[O-])c(F)c1. The van der Waals surface area contributed by atoms with Crippen LogP contribution < -0.4 is 4.74 Å². The van der Waals surface area contributed by atoms with Gasteiger partial charge in [-0.05, 0) is 34.1 Å². The fourth-order valence-electron chi connectivity index (χ4n) is 1.59. The van der Waals surface area contributed by atoms with E-state index in [1.54, 1.807) is 0 Å². The maximum absolute atomic E-state index is 13.7. The Morgan fingerprint density at radius 2 is 1.81 bits per heavy atom. The summed E-state index contributed by atoms with van der Waals surface area (Å²) in [6.07, 6.45) is 0.275. The van der Waals surface area contributed by atoms with Crippen LogP contribution in [0.2, 0.25) is 0 Å². The summed E-state index contributed by atoms with van der Waals surface area (Å²) in [5.41, 5.74) is -0.665. The van der Waals surface area contributed by atoms with Gasteiger partial charge in [0.25, 0.3) is 0 Å². The first-order chi connectivity index (χ1) is 9.93. The molecule has 0 fully saturated rings. The van der Waals surface area contributed by atoms with Gasteiger partial charge in [0.2, 0.25) is 5.75 Å². The second kappa shape index (κ2) is 5.96. The first-order valence-corrected chi connectivity index (χ1v) is 6.28. The monoisotopic (exact) mass is 357 g/mol. The van der Waals surface area contributed by atoms with Crippen LogP contribution in [0, 0.1) is 21.7 Å². The van der Waals surface area contributed by atoms with Crippen molar-refractivity contribution in [3.63, 3.8) is 0 Å². The van der Waals surface area contributed by atoms with Crippen LogP contribution in [0.5, 0.6) is 11.5 Å². The molecule has 21 heavy (non-hydrogen) atoms.